The second-order valence-corrected chi connectivity index (χ2v) is 3.75. The lowest BCUT2D eigenvalue weighted by atomic mass is 9.98. The molecule has 0 aliphatic carbocycles. The molecule has 2 aromatic rings. The van der Waals surface area contributed by atoms with E-state index in [1.807, 2.05) is 19.9 Å². The third-order valence-corrected chi connectivity index (χ3v) is 2.70. The first kappa shape index (κ1) is 10.5. The number of aromatic nitrogens is 1. The molecule has 0 amide bonds. The van der Waals surface area contributed by atoms with Crippen molar-refractivity contribution in [2.75, 3.05) is 5.73 Å². The molecule has 0 unspecified atom stereocenters. The minimum atomic E-state index is 0.302. The van der Waals surface area contributed by atoms with Crippen LogP contribution < -0.4 is 5.73 Å². The number of aromatic hydroxyl groups is 1. The Bertz CT molecular complexity index is 518. The first-order valence-corrected chi connectivity index (χ1v) is 5.16. The van der Waals surface area contributed by atoms with Gasteiger partial charge in [-0.05, 0) is 42.2 Å². The highest BCUT2D eigenvalue weighted by Crippen LogP contribution is 2.33. The molecule has 0 atom stereocenters. The largest absolute Gasteiger partial charge is 0.508 e. The molecule has 0 saturated heterocycles. The van der Waals surface area contributed by atoms with Crippen molar-refractivity contribution in [1.29, 1.82) is 0 Å². The summed E-state index contributed by atoms with van der Waals surface area (Å²) in [5.74, 6) is 0.620. The fourth-order valence-corrected chi connectivity index (χ4v) is 1.76. The van der Waals surface area contributed by atoms with Gasteiger partial charge in [0.1, 0.15) is 5.75 Å². The molecule has 4 nitrogen and oxygen atoms in total. The van der Waals surface area contributed by atoms with E-state index in [1.54, 1.807) is 12.3 Å². The van der Waals surface area contributed by atoms with Gasteiger partial charge in [0.2, 0.25) is 5.88 Å². The third-order valence-electron chi connectivity index (χ3n) is 2.70. The maximum Gasteiger partial charge on any atom is 0.229 e. The van der Waals surface area contributed by atoms with Gasteiger partial charge in [0.25, 0.3) is 0 Å². The minimum Gasteiger partial charge on any atom is -0.508 e. The van der Waals surface area contributed by atoms with Crippen molar-refractivity contribution in [3.8, 4) is 16.9 Å². The number of hydrogen-bond donors (Lipinski definition) is 2. The predicted molar refractivity (Wildman–Crippen MR) is 62.1 cm³/mol. The molecule has 2 rings (SSSR count). The molecule has 1 aromatic heterocycles. The van der Waals surface area contributed by atoms with Crippen molar-refractivity contribution in [2.45, 2.75) is 20.3 Å². The van der Waals surface area contributed by atoms with Crippen LogP contribution in [0.2, 0.25) is 0 Å². The van der Waals surface area contributed by atoms with Crippen molar-refractivity contribution < 1.29 is 9.63 Å². The van der Waals surface area contributed by atoms with Crippen LogP contribution in [0.25, 0.3) is 11.1 Å². The fraction of sp³-hybridized carbons (Fsp3) is 0.250. The number of hydrogen-bond acceptors (Lipinski definition) is 4. The van der Waals surface area contributed by atoms with E-state index >= 15 is 0 Å². The number of nitrogen functional groups attached to an aromatic ring is 1. The molecule has 4 heteroatoms. The average Bonchev–Trinajstić information content (AvgIpc) is 2.65. The number of phenolic OH excluding ortho intramolecular Hbond substituents is 1. The van der Waals surface area contributed by atoms with Crippen LogP contribution in [0.4, 0.5) is 5.88 Å². The Balaban J connectivity index is 2.61. The molecule has 1 aromatic carbocycles. The van der Waals surface area contributed by atoms with Gasteiger partial charge in [-0.1, -0.05) is 12.1 Å². The van der Waals surface area contributed by atoms with Crippen LogP contribution in [-0.2, 0) is 6.42 Å². The number of nitrogens with two attached hydrogens (primary N) is 1. The number of benzene rings is 1. The molecule has 0 fully saturated rings. The normalized spacial score (nSPS) is 10.6. The number of anilines is 1. The second-order valence-electron chi connectivity index (χ2n) is 3.75. The summed E-state index contributed by atoms with van der Waals surface area (Å²) in [6.07, 6.45) is 2.36. The Morgan fingerprint density at radius 1 is 1.38 bits per heavy atom. The molecular formula is C12H14N2O2. The summed E-state index contributed by atoms with van der Waals surface area (Å²) in [7, 11) is 0. The van der Waals surface area contributed by atoms with Crippen LogP contribution in [0.1, 0.15) is 18.1 Å². The molecule has 0 saturated carbocycles. The maximum atomic E-state index is 9.71. The number of aryl methyl sites for hydroxylation is 2. The van der Waals surface area contributed by atoms with Gasteiger partial charge in [-0.25, -0.2) is 0 Å². The SMILES string of the molecule is CCc1cc(-c2cnoc2N)c(C)cc1O. The van der Waals surface area contributed by atoms with E-state index in [1.165, 1.54) is 0 Å². The third kappa shape index (κ3) is 1.62. The van der Waals surface area contributed by atoms with E-state index in [0.717, 1.165) is 28.7 Å². The van der Waals surface area contributed by atoms with E-state index in [0.29, 0.717) is 11.6 Å². The molecule has 0 spiro atoms. The highest BCUT2D eigenvalue weighted by molar-refractivity contribution is 5.76. The van der Waals surface area contributed by atoms with Gasteiger partial charge in [-0.3, -0.25) is 0 Å². The lowest BCUT2D eigenvalue weighted by Crippen LogP contribution is -1.91. The van der Waals surface area contributed by atoms with Crippen LogP contribution in [0.3, 0.4) is 0 Å². The van der Waals surface area contributed by atoms with E-state index in [-0.39, 0.29) is 0 Å². The molecule has 0 radical (unpaired) electrons. The van der Waals surface area contributed by atoms with Crippen LogP contribution in [-0.4, -0.2) is 10.3 Å². The molecular weight excluding hydrogens is 204 g/mol. The van der Waals surface area contributed by atoms with Gasteiger partial charge in [-0.2, -0.15) is 0 Å². The van der Waals surface area contributed by atoms with E-state index in [9.17, 15) is 5.11 Å². The zero-order valence-corrected chi connectivity index (χ0v) is 9.32. The molecule has 16 heavy (non-hydrogen) atoms. The summed E-state index contributed by atoms with van der Waals surface area (Å²) in [5.41, 5.74) is 9.24. The molecule has 0 bridgehead atoms. The van der Waals surface area contributed by atoms with Crippen LogP contribution in [0.15, 0.2) is 22.9 Å². The van der Waals surface area contributed by atoms with Gasteiger partial charge in [-0.15, -0.1) is 0 Å². The first-order valence-electron chi connectivity index (χ1n) is 5.16. The Kier molecular flexibility index (Phi) is 2.56. The Hall–Kier alpha value is -1.97. The zero-order chi connectivity index (χ0) is 11.7. The van der Waals surface area contributed by atoms with E-state index in [2.05, 4.69) is 5.16 Å². The summed E-state index contributed by atoms with van der Waals surface area (Å²) < 4.78 is 4.84. The van der Waals surface area contributed by atoms with Crippen LogP contribution >= 0.6 is 0 Å². The topological polar surface area (TPSA) is 72.3 Å². The molecule has 0 aliphatic heterocycles. The zero-order valence-electron chi connectivity index (χ0n) is 9.32. The summed E-state index contributed by atoms with van der Waals surface area (Å²) in [6.45, 7) is 3.91. The maximum absolute atomic E-state index is 9.71. The molecule has 0 aliphatic rings. The summed E-state index contributed by atoms with van der Waals surface area (Å²) in [4.78, 5) is 0. The quantitative estimate of drug-likeness (QED) is 0.812. The van der Waals surface area contributed by atoms with Crippen molar-refractivity contribution in [2.24, 2.45) is 0 Å². The highest BCUT2D eigenvalue weighted by atomic mass is 16.5. The number of phenols is 1. The smallest absolute Gasteiger partial charge is 0.229 e. The van der Waals surface area contributed by atoms with Gasteiger partial charge in [0, 0.05) is 0 Å². The first-order chi connectivity index (χ1) is 7.63. The van der Waals surface area contributed by atoms with Gasteiger partial charge in [0.05, 0.1) is 11.8 Å². The van der Waals surface area contributed by atoms with Crippen molar-refractivity contribution in [3.05, 3.63) is 29.5 Å². The average molecular weight is 218 g/mol. The number of nitrogens with zero attached hydrogens (tertiary/aromatic N) is 1. The van der Waals surface area contributed by atoms with Gasteiger partial charge >= 0.3 is 0 Å². The molecule has 3 N–H and O–H groups in total. The molecule has 1 heterocycles. The predicted octanol–water partition coefficient (Wildman–Crippen LogP) is 2.50. The lowest BCUT2D eigenvalue weighted by Gasteiger charge is -2.08. The Morgan fingerprint density at radius 2 is 2.12 bits per heavy atom. The minimum absolute atomic E-state index is 0.302. The number of rotatable bonds is 2. The van der Waals surface area contributed by atoms with Crippen molar-refractivity contribution >= 4 is 5.88 Å². The van der Waals surface area contributed by atoms with E-state index in [4.69, 9.17) is 10.3 Å². The van der Waals surface area contributed by atoms with Crippen molar-refractivity contribution in [1.82, 2.24) is 5.16 Å². The fourth-order valence-electron chi connectivity index (χ4n) is 1.76. The monoisotopic (exact) mass is 218 g/mol. The lowest BCUT2D eigenvalue weighted by molar-refractivity contribution is 0.436. The van der Waals surface area contributed by atoms with E-state index < -0.39 is 0 Å². The van der Waals surface area contributed by atoms with Crippen LogP contribution in [0.5, 0.6) is 5.75 Å². The Labute approximate surface area is 93.7 Å². The highest BCUT2D eigenvalue weighted by Gasteiger charge is 2.12. The van der Waals surface area contributed by atoms with Gasteiger partial charge in [0.15, 0.2) is 0 Å². The molecule has 84 valence electrons. The summed E-state index contributed by atoms with van der Waals surface area (Å²) >= 11 is 0. The van der Waals surface area contributed by atoms with Gasteiger partial charge < -0.3 is 15.4 Å². The Morgan fingerprint density at radius 3 is 2.69 bits per heavy atom. The van der Waals surface area contributed by atoms with Crippen LogP contribution in [0, 0.1) is 6.92 Å². The summed E-state index contributed by atoms with van der Waals surface area (Å²) in [6, 6.07) is 3.66. The second kappa shape index (κ2) is 3.89. The standard InChI is InChI=1S/C12H14N2O2/c1-3-8-5-9(7(2)4-11(8)15)10-6-14-16-12(10)13/h4-6,15H,3,13H2,1-2H3. The van der Waals surface area contributed by atoms with Crippen molar-refractivity contribution in [3.63, 3.8) is 0 Å². The summed E-state index contributed by atoms with van der Waals surface area (Å²) in [5, 5.41) is 13.4.